The van der Waals surface area contributed by atoms with E-state index in [1.54, 1.807) is 0 Å². The van der Waals surface area contributed by atoms with E-state index in [4.69, 9.17) is 0 Å². The first kappa shape index (κ1) is 32.6. The van der Waals surface area contributed by atoms with Gasteiger partial charge in [-0.1, -0.05) is 152 Å². The van der Waals surface area contributed by atoms with Crippen molar-refractivity contribution in [3.63, 3.8) is 0 Å². The van der Waals surface area contributed by atoms with Gasteiger partial charge in [0, 0.05) is 41.8 Å². The molecule has 59 heavy (non-hydrogen) atoms. The summed E-state index contributed by atoms with van der Waals surface area (Å²) in [5.41, 5.74) is 18.0. The normalized spacial score (nSPS) is 20.6. The van der Waals surface area contributed by atoms with E-state index < -0.39 is 5.41 Å². The zero-order valence-electron chi connectivity index (χ0n) is 32.2. The van der Waals surface area contributed by atoms with E-state index in [1.807, 2.05) is 23.1 Å². The second-order valence-corrected chi connectivity index (χ2v) is 19.4. The van der Waals surface area contributed by atoms with Gasteiger partial charge in [0.25, 0.3) is 0 Å². The quantitative estimate of drug-likeness (QED) is 0.169. The van der Waals surface area contributed by atoms with Crippen molar-refractivity contribution < 1.29 is 0 Å². The molecule has 0 amide bonds. The SMILES string of the molecule is CC12Sc3ccccc3C1C=CC=C2c1ccc2c(c1)C1(c3cc(-c4cccc5c4sc4ccccc45)ccc3-2)c2ccccc2-n2c3ccccc3c3cccc1c32. The molecular weight excluding hydrogens is 751 g/mol. The third kappa shape index (κ3) is 3.98. The molecule has 0 saturated carbocycles. The van der Waals surface area contributed by atoms with Crippen LogP contribution in [0.5, 0.6) is 0 Å². The fourth-order valence-electron chi connectivity index (χ4n) is 11.7. The molecule has 8 aromatic carbocycles. The largest absolute Gasteiger partial charge is 0.309 e. The molecular formula is C56H35NS2. The summed E-state index contributed by atoms with van der Waals surface area (Å²) in [6, 6.07) is 64.9. The minimum atomic E-state index is -0.553. The summed E-state index contributed by atoms with van der Waals surface area (Å²) < 4.78 is 5.12. The van der Waals surface area contributed by atoms with E-state index in [1.165, 1.54) is 114 Å². The van der Waals surface area contributed by atoms with Gasteiger partial charge in [-0.15, -0.1) is 23.1 Å². The molecule has 4 heterocycles. The van der Waals surface area contributed by atoms with Crippen molar-refractivity contribution in [2.45, 2.75) is 27.9 Å². The molecule has 2 aliphatic carbocycles. The summed E-state index contributed by atoms with van der Waals surface area (Å²) in [6.07, 6.45) is 7.11. The number of thioether (sulfide) groups is 1. The number of hydrogen-bond acceptors (Lipinski definition) is 2. The maximum absolute atomic E-state index is 2.59. The fraction of sp³-hybridized carbons (Fsp3) is 0.0714. The zero-order chi connectivity index (χ0) is 38.6. The highest BCUT2D eigenvalue weighted by Crippen LogP contribution is 2.64. The Morgan fingerprint density at radius 2 is 1.24 bits per heavy atom. The van der Waals surface area contributed by atoms with Gasteiger partial charge in [0.1, 0.15) is 0 Å². The summed E-state index contributed by atoms with van der Waals surface area (Å²) >= 11 is 3.94. The summed E-state index contributed by atoms with van der Waals surface area (Å²) in [4.78, 5) is 1.39. The number of para-hydroxylation sites is 3. The molecule has 0 bridgehead atoms. The summed E-state index contributed by atoms with van der Waals surface area (Å²) in [6.45, 7) is 2.46. The monoisotopic (exact) mass is 785 g/mol. The van der Waals surface area contributed by atoms with E-state index in [0.29, 0.717) is 5.92 Å². The average Bonchev–Trinajstić information content (AvgIpc) is 4.01. The Bertz CT molecular complexity index is 3580. The predicted octanol–water partition coefficient (Wildman–Crippen LogP) is 15.1. The molecule has 0 saturated heterocycles. The Labute approximate surface area is 350 Å². The molecule has 10 aromatic rings. The highest BCUT2D eigenvalue weighted by molar-refractivity contribution is 8.01. The van der Waals surface area contributed by atoms with Crippen molar-refractivity contribution in [3.05, 3.63) is 221 Å². The molecule has 3 unspecified atom stereocenters. The Hall–Kier alpha value is -6.39. The topological polar surface area (TPSA) is 4.93 Å². The smallest absolute Gasteiger partial charge is 0.0754 e. The van der Waals surface area contributed by atoms with Gasteiger partial charge in [0.15, 0.2) is 0 Å². The number of thiophene rings is 1. The van der Waals surface area contributed by atoms with Crippen LogP contribution in [0.15, 0.2) is 193 Å². The Morgan fingerprint density at radius 1 is 0.542 bits per heavy atom. The standard InChI is InChI=1S/C56H35NS2/c1-55-43(20-12-21-44(55)42-15-4-9-26-52(42)59-55)34-28-30-37-36-29-27-33(35-16-10-18-41-39-14-3-8-25-51(39)58-54(35)41)31-47(36)56(48(37)32-34)45-19-5-7-24-50(45)57-49-23-6-2-13-38(49)40-17-11-22-46(56)53(40)57/h2-32,44H,1H3. The highest BCUT2D eigenvalue weighted by atomic mass is 32.2. The van der Waals surface area contributed by atoms with Gasteiger partial charge in [-0.2, -0.15) is 0 Å². The molecule has 0 radical (unpaired) electrons. The third-order valence-corrected chi connectivity index (χ3v) is 16.8. The predicted molar refractivity (Wildman–Crippen MR) is 251 cm³/mol. The summed E-state index contributed by atoms with van der Waals surface area (Å²) in [7, 11) is 0. The number of hydrogen-bond donors (Lipinski definition) is 0. The van der Waals surface area contributed by atoms with E-state index in [-0.39, 0.29) is 4.75 Å². The highest BCUT2D eigenvalue weighted by Gasteiger charge is 2.52. The maximum atomic E-state index is 2.59. The van der Waals surface area contributed by atoms with Gasteiger partial charge >= 0.3 is 0 Å². The Kier molecular flexibility index (Phi) is 6.30. The maximum Gasteiger partial charge on any atom is 0.0754 e. The van der Waals surface area contributed by atoms with Crippen LogP contribution in [0, 0.1) is 0 Å². The molecule has 1 spiro atoms. The minimum Gasteiger partial charge on any atom is -0.309 e. The van der Waals surface area contributed by atoms with Crippen LogP contribution >= 0.6 is 23.1 Å². The molecule has 0 N–H and O–H groups in total. The van der Waals surface area contributed by atoms with Crippen LogP contribution in [0.2, 0.25) is 0 Å². The van der Waals surface area contributed by atoms with E-state index in [0.717, 1.165) is 0 Å². The number of rotatable bonds is 2. The summed E-state index contributed by atoms with van der Waals surface area (Å²) in [5.74, 6) is 0.321. The van der Waals surface area contributed by atoms with Crippen molar-refractivity contribution in [2.75, 3.05) is 0 Å². The van der Waals surface area contributed by atoms with Crippen LogP contribution in [0.4, 0.5) is 0 Å². The van der Waals surface area contributed by atoms with Crippen molar-refractivity contribution in [3.8, 4) is 27.9 Å². The van der Waals surface area contributed by atoms with Gasteiger partial charge in [-0.3, -0.25) is 0 Å². The molecule has 0 fully saturated rings. The molecule has 1 nitrogen and oxygen atoms in total. The van der Waals surface area contributed by atoms with Crippen LogP contribution in [0.25, 0.3) is 75.5 Å². The minimum absolute atomic E-state index is 0.113. The molecule has 2 aliphatic heterocycles. The average molecular weight is 786 g/mol. The lowest BCUT2D eigenvalue weighted by molar-refractivity contribution is 0.717. The second kappa shape index (κ2) is 11.4. The van der Waals surface area contributed by atoms with Crippen molar-refractivity contribution in [1.29, 1.82) is 0 Å². The second-order valence-electron chi connectivity index (χ2n) is 16.8. The van der Waals surface area contributed by atoms with Crippen molar-refractivity contribution in [1.82, 2.24) is 4.57 Å². The zero-order valence-corrected chi connectivity index (χ0v) is 33.9. The molecule has 3 atom stereocenters. The number of fused-ring (bicyclic) bond motifs is 18. The number of allylic oxidation sites excluding steroid dienone is 3. The van der Waals surface area contributed by atoms with Gasteiger partial charge in [-0.05, 0) is 105 Å². The van der Waals surface area contributed by atoms with Crippen LogP contribution in [-0.2, 0) is 5.41 Å². The van der Waals surface area contributed by atoms with Crippen molar-refractivity contribution >= 4 is 70.6 Å². The lowest BCUT2D eigenvalue weighted by Crippen LogP contribution is -2.34. The number of nitrogens with zero attached hydrogens (tertiary/aromatic N) is 1. The number of aromatic nitrogens is 1. The first-order chi connectivity index (χ1) is 29.1. The molecule has 2 aromatic heterocycles. The lowest BCUT2D eigenvalue weighted by atomic mass is 9.64. The van der Waals surface area contributed by atoms with E-state index in [2.05, 4.69) is 200 Å². The van der Waals surface area contributed by atoms with E-state index in [9.17, 15) is 0 Å². The van der Waals surface area contributed by atoms with E-state index >= 15 is 0 Å². The van der Waals surface area contributed by atoms with Gasteiger partial charge in [-0.25, -0.2) is 0 Å². The summed E-state index contributed by atoms with van der Waals surface area (Å²) in [5, 5.41) is 5.26. The first-order valence-corrected chi connectivity index (χ1v) is 22.3. The molecule has 3 heteroatoms. The fourth-order valence-corrected chi connectivity index (χ4v) is 14.4. The molecule has 4 aliphatic rings. The number of benzene rings is 8. The van der Waals surface area contributed by atoms with Crippen LogP contribution < -0.4 is 0 Å². The van der Waals surface area contributed by atoms with Crippen LogP contribution in [0.3, 0.4) is 0 Å². The van der Waals surface area contributed by atoms with Gasteiger partial charge in [0.05, 0.1) is 26.9 Å². The molecule has 14 rings (SSSR count). The Morgan fingerprint density at radius 3 is 2.15 bits per heavy atom. The third-order valence-electron chi connectivity index (χ3n) is 14.1. The van der Waals surface area contributed by atoms with Gasteiger partial charge in [0.2, 0.25) is 0 Å². The van der Waals surface area contributed by atoms with Crippen molar-refractivity contribution in [2.24, 2.45) is 0 Å². The van der Waals surface area contributed by atoms with Crippen LogP contribution in [-0.4, -0.2) is 9.31 Å². The molecule has 276 valence electrons. The Balaban J connectivity index is 1.08. The lowest BCUT2D eigenvalue weighted by Gasteiger charge is -2.40. The first-order valence-electron chi connectivity index (χ1n) is 20.6. The van der Waals surface area contributed by atoms with Gasteiger partial charge < -0.3 is 4.57 Å². The van der Waals surface area contributed by atoms with Crippen LogP contribution in [0.1, 0.15) is 46.2 Å².